The lowest BCUT2D eigenvalue weighted by Crippen LogP contribution is -2.31. The summed E-state index contributed by atoms with van der Waals surface area (Å²) in [5.41, 5.74) is 4.25. The minimum absolute atomic E-state index is 0.106. The summed E-state index contributed by atoms with van der Waals surface area (Å²) in [6.45, 7) is 0. The molecule has 0 saturated carbocycles. The highest BCUT2D eigenvalue weighted by atomic mass is 19.1. The Morgan fingerprint density at radius 1 is 1.11 bits per heavy atom. The minimum Gasteiger partial charge on any atom is -0.333 e. The third-order valence-electron chi connectivity index (χ3n) is 3.34. The topological polar surface area (TPSA) is 135 Å². The zero-order valence-corrected chi connectivity index (χ0v) is 13.6. The maximum Gasteiger partial charge on any atom is 0.355 e. The van der Waals surface area contributed by atoms with Gasteiger partial charge < -0.3 is 5.32 Å². The van der Waals surface area contributed by atoms with Gasteiger partial charge in [-0.05, 0) is 24.3 Å². The molecule has 3 rings (SSSR count). The molecule has 3 N–H and O–H groups in total. The molecule has 136 valence electrons. The van der Waals surface area contributed by atoms with Crippen molar-refractivity contribution in [1.29, 1.82) is 0 Å². The van der Waals surface area contributed by atoms with Crippen LogP contribution in [0.25, 0.3) is 0 Å². The quantitative estimate of drug-likeness (QED) is 0.445. The first-order valence-corrected chi connectivity index (χ1v) is 7.53. The van der Waals surface area contributed by atoms with Crippen LogP contribution >= 0.6 is 0 Å². The molecule has 10 nitrogen and oxygen atoms in total. The second kappa shape index (κ2) is 7.82. The summed E-state index contributed by atoms with van der Waals surface area (Å²) in [6, 6.07) is 8.61. The maximum atomic E-state index is 13.6. The Balaban J connectivity index is 1.83. The van der Waals surface area contributed by atoms with Crippen LogP contribution in [-0.2, 0) is 0 Å². The Morgan fingerprint density at radius 3 is 2.59 bits per heavy atom. The first kappa shape index (κ1) is 17.7. The molecule has 0 radical (unpaired) electrons. The number of benzene rings is 1. The number of carbonyl (C=O) groups is 1. The van der Waals surface area contributed by atoms with Gasteiger partial charge in [-0.15, -0.1) is 0 Å². The van der Waals surface area contributed by atoms with Crippen molar-refractivity contribution in [1.82, 2.24) is 20.4 Å². The third-order valence-corrected chi connectivity index (χ3v) is 3.34. The third kappa shape index (κ3) is 4.10. The number of rotatable bonds is 6. The molecule has 0 aliphatic heterocycles. The van der Waals surface area contributed by atoms with Gasteiger partial charge >= 0.3 is 5.69 Å². The van der Waals surface area contributed by atoms with Crippen molar-refractivity contribution < 1.29 is 14.1 Å². The number of carbonyl (C=O) groups excluding carboxylic acids is 1. The molecule has 1 aromatic carbocycles. The Morgan fingerprint density at radius 2 is 1.89 bits per heavy atom. The first-order valence-electron chi connectivity index (χ1n) is 7.53. The van der Waals surface area contributed by atoms with Crippen molar-refractivity contribution in [3.63, 3.8) is 0 Å². The summed E-state index contributed by atoms with van der Waals surface area (Å²) in [5.74, 6) is -1.92. The van der Waals surface area contributed by atoms with Gasteiger partial charge in [-0.3, -0.25) is 30.7 Å². The Labute approximate surface area is 151 Å². The van der Waals surface area contributed by atoms with Crippen LogP contribution < -0.4 is 16.2 Å². The molecule has 27 heavy (non-hydrogen) atoms. The van der Waals surface area contributed by atoms with E-state index in [1.165, 1.54) is 24.4 Å². The number of hydrazine groups is 1. The molecule has 0 spiro atoms. The number of aromatic nitrogens is 3. The number of nitrogens with one attached hydrogen (secondary N) is 3. The summed E-state index contributed by atoms with van der Waals surface area (Å²) in [7, 11) is 0. The average Bonchev–Trinajstić information content (AvgIpc) is 2.67. The Bertz CT molecular complexity index is 985. The van der Waals surface area contributed by atoms with Crippen molar-refractivity contribution in [2.45, 2.75) is 0 Å². The second-order valence-electron chi connectivity index (χ2n) is 5.10. The molecule has 11 heteroatoms. The second-order valence-corrected chi connectivity index (χ2v) is 5.10. The van der Waals surface area contributed by atoms with Crippen molar-refractivity contribution in [3.05, 3.63) is 76.6 Å². The molecule has 3 aromatic rings. The van der Waals surface area contributed by atoms with E-state index < -0.39 is 22.3 Å². The van der Waals surface area contributed by atoms with Gasteiger partial charge in [-0.25, -0.2) is 14.4 Å². The number of hydrogen-bond acceptors (Lipinski definition) is 8. The molecular formula is C16H12FN7O3. The Hall–Kier alpha value is -4.15. The van der Waals surface area contributed by atoms with E-state index in [9.17, 15) is 19.3 Å². The zero-order valence-electron chi connectivity index (χ0n) is 13.6. The molecule has 0 atom stereocenters. The molecule has 0 unspecified atom stereocenters. The number of hydrogen-bond donors (Lipinski definition) is 3. The molecular weight excluding hydrogens is 357 g/mol. The molecule has 2 aromatic heterocycles. The van der Waals surface area contributed by atoms with Gasteiger partial charge in [0.2, 0.25) is 11.6 Å². The number of nitro groups is 1. The number of pyridine rings is 1. The summed E-state index contributed by atoms with van der Waals surface area (Å²) >= 11 is 0. The van der Waals surface area contributed by atoms with Crippen LogP contribution in [0.4, 0.5) is 27.4 Å². The SMILES string of the molecule is O=C(NNc1ncnc(Nc2cccnc2)c1[N+](=O)[O-])c1ccccc1F. The molecule has 2 heterocycles. The molecule has 0 bridgehead atoms. The van der Waals surface area contributed by atoms with Crippen molar-refractivity contribution >= 4 is 28.9 Å². The lowest BCUT2D eigenvalue weighted by atomic mass is 10.2. The van der Waals surface area contributed by atoms with Gasteiger partial charge in [0.1, 0.15) is 12.1 Å². The van der Waals surface area contributed by atoms with Crippen LogP contribution in [-0.4, -0.2) is 25.8 Å². The smallest absolute Gasteiger partial charge is 0.333 e. The van der Waals surface area contributed by atoms with Gasteiger partial charge in [-0.2, -0.15) is 0 Å². The highest BCUT2D eigenvalue weighted by molar-refractivity contribution is 5.95. The van der Waals surface area contributed by atoms with Gasteiger partial charge in [0.15, 0.2) is 0 Å². The van der Waals surface area contributed by atoms with Crippen LogP contribution in [0.1, 0.15) is 10.4 Å². The number of halogens is 1. The highest BCUT2D eigenvalue weighted by Gasteiger charge is 2.24. The summed E-state index contributed by atoms with van der Waals surface area (Å²) in [4.78, 5) is 34.3. The Kier molecular flexibility index (Phi) is 5.12. The van der Waals surface area contributed by atoms with Crippen LogP contribution in [0.15, 0.2) is 55.1 Å². The van der Waals surface area contributed by atoms with Crippen LogP contribution in [0.2, 0.25) is 0 Å². The number of anilines is 3. The van der Waals surface area contributed by atoms with E-state index in [0.29, 0.717) is 5.69 Å². The van der Waals surface area contributed by atoms with Gasteiger partial charge in [0.05, 0.1) is 22.4 Å². The fourth-order valence-corrected chi connectivity index (χ4v) is 2.14. The molecule has 1 amide bonds. The van der Waals surface area contributed by atoms with E-state index in [-0.39, 0.29) is 17.2 Å². The van der Waals surface area contributed by atoms with Crippen molar-refractivity contribution in [3.8, 4) is 0 Å². The standard InChI is InChI=1S/C16H12FN7O3/c17-12-6-2-1-5-11(12)16(25)23-22-15-13(24(26)27)14(19-9-20-15)21-10-4-3-7-18-8-10/h1-9H,(H,23,25)(H2,19,20,21,22). The summed E-state index contributed by atoms with van der Waals surface area (Å²) < 4.78 is 13.6. The average molecular weight is 369 g/mol. The van der Waals surface area contributed by atoms with E-state index in [1.807, 2.05) is 0 Å². The fourth-order valence-electron chi connectivity index (χ4n) is 2.14. The number of nitrogens with zero attached hydrogens (tertiary/aromatic N) is 4. The van der Waals surface area contributed by atoms with Gasteiger partial charge in [0.25, 0.3) is 5.91 Å². The number of amides is 1. The van der Waals surface area contributed by atoms with Crippen LogP contribution in [0.3, 0.4) is 0 Å². The molecule has 0 aliphatic rings. The fraction of sp³-hybridized carbons (Fsp3) is 0. The van der Waals surface area contributed by atoms with E-state index in [0.717, 1.165) is 12.4 Å². The highest BCUT2D eigenvalue weighted by Crippen LogP contribution is 2.30. The van der Waals surface area contributed by atoms with Crippen molar-refractivity contribution in [2.75, 3.05) is 10.7 Å². The molecule has 0 aliphatic carbocycles. The molecule has 0 saturated heterocycles. The lowest BCUT2D eigenvalue weighted by molar-refractivity contribution is -0.383. The van der Waals surface area contributed by atoms with Gasteiger partial charge in [0, 0.05) is 6.20 Å². The monoisotopic (exact) mass is 369 g/mol. The lowest BCUT2D eigenvalue weighted by Gasteiger charge is -2.11. The maximum absolute atomic E-state index is 13.6. The predicted molar refractivity (Wildman–Crippen MR) is 93.7 cm³/mol. The van der Waals surface area contributed by atoms with Crippen LogP contribution in [0, 0.1) is 15.9 Å². The van der Waals surface area contributed by atoms with E-state index >= 15 is 0 Å². The predicted octanol–water partition coefficient (Wildman–Crippen LogP) is 2.42. The van der Waals surface area contributed by atoms with Gasteiger partial charge in [-0.1, -0.05) is 12.1 Å². The van der Waals surface area contributed by atoms with Crippen molar-refractivity contribution in [2.24, 2.45) is 0 Å². The van der Waals surface area contributed by atoms with Crippen LogP contribution in [0.5, 0.6) is 0 Å². The normalized spacial score (nSPS) is 10.1. The first-order chi connectivity index (χ1) is 13.1. The summed E-state index contributed by atoms with van der Waals surface area (Å²) in [6.07, 6.45) is 4.08. The molecule has 0 fully saturated rings. The zero-order chi connectivity index (χ0) is 19.2. The largest absolute Gasteiger partial charge is 0.355 e. The van der Waals surface area contributed by atoms with E-state index in [1.54, 1.807) is 18.3 Å². The minimum atomic E-state index is -0.817. The van der Waals surface area contributed by atoms with E-state index in [2.05, 4.69) is 31.1 Å². The summed E-state index contributed by atoms with van der Waals surface area (Å²) in [5, 5.41) is 14.2. The van der Waals surface area contributed by atoms with E-state index in [4.69, 9.17) is 0 Å².